The van der Waals surface area contributed by atoms with E-state index >= 15 is 0 Å². The van der Waals surface area contributed by atoms with Gasteiger partial charge in [0.05, 0.1) is 12.3 Å². The van der Waals surface area contributed by atoms with Crippen molar-refractivity contribution >= 4 is 44.6 Å². The molecule has 5 rings (SSSR count). The normalized spacial score (nSPS) is 19.8. The number of aliphatic imine (C=N–C) groups is 1. The zero-order valence-corrected chi connectivity index (χ0v) is 22.8. The van der Waals surface area contributed by atoms with Gasteiger partial charge in [-0.3, -0.25) is 4.99 Å². The lowest BCUT2D eigenvalue weighted by molar-refractivity contribution is 0.0564. The predicted molar refractivity (Wildman–Crippen MR) is 140 cm³/mol. The third-order valence-electron chi connectivity index (χ3n) is 6.37. The van der Waals surface area contributed by atoms with Gasteiger partial charge >= 0.3 is 6.55 Å². The number of nitrogens with zero attached hydrogens (tertiary/aromatic N) is 6. The minimum Gasteiger partial charge on any atom is -0.395 e. The molecule has 2 atom stereocenters. The van der Waals surface area contributed by atoms with E-state index in [4.69, 9.17) is 16.6 Å². The number of fused-ring (bicyclic) bond motifs is 1. The van der Waals surface area contributed by atoms with Crippen LogP contribution in [0.4, 0.5) is 13.2 Å². The number of aliphatic hydroxyl groups excluding tert-OH is 1. The van der Waals surface area contributed by atoms with Crippen LogP contribution in [0.3, 0.4) is 0 Å². The maximum atomic E-state index is 13.9. The molecule has 2 aliphatic heterocycles. The molecule has 3 aromatic rings. The minimum atomic E-state index is -3.95. The summed E-state index contributed by atoms with van der Waals surface area (Å²) in [5.41, 5.74) is 1.65. The standard InChI is InChI=1S/C23H23ClF3N7O3S2/c1-32(7-8-35)39(36,37)31-14-11-18-19(17-4-6-34(30-17)23(26)27)20(15-3-2-13(25)10-16(15)24)29-21(33(18)12-14)22-28-5-9-38-22/h2-6,9-10,14,20,23,31,35H,7-8,11-12H2,1H3/t14-,20-/m0/s1. The summed E-state index contributed by atoms with van der Waals surface area (Å²) in [4.78, 5) is 11.1. The van der Waals surface area contributed by atoms with Gasteiger partial charge in [-0.15, -0.1) is 11.3 Å². The Kier molecular flexibility index (Phi) is 7.81. The molecular weight excluding hydrogens is 579 g/mol. The van der Waals surface area contributed by atoms with E-state index in [9.17, 15) is 26.7 Å². The molecule has 10 nitrogen and oxygen atoms in total. The fourth-order valence-corrected chi connectivity index (χ4v) is 6.59. The summed E-state index contributed by atoms with van der Waals surface area (Å²) in [7, 11) is -2.60. The molecule has 2 N–H and O–H groups in total. The van der Waals surface area contributed by atoms with Crippen LogP contribution in [-0.4, -0.2) is 76.1 Å². The molecule has 1 aromatic carbocycles. The van der Waals surface area contributed by atoms with Gasteiger partial charge in [0.2, 0.25) is 0 Å². The summed E-state index contributed by atoms with van der Waals surface area (Å²) >= 11 is 7.77. The summed E-state index contributed by atoms with van der Waals surface area (Å²) in [5.74, 6) is -0.114. The molecule has 1 saturated heterocycles. The molecule has 0 amide bonds. The van der Waals surface area contributed by atoms with E-state index in [0.29, 0.717) is 32.4 Å². The highest BCUT2D eigenvalue weighted by Crippen LogP contribution is 2.46. The number of nitrogens with one attached hydrogen (secondary N) is 1. The van der Waals surface area contributed by atoms with Crippen LogP contribution in [-0.2, 0) is 10.2 Å². The number of halogens is 4. The monoisotopic (exact) mass is 601 g/mol. The summed E-state index contributed by atoms with van der Waals surface area (Å²) in [5, 5.41) is 15.6. The molecule has 0 bridgehead atoms. The number of amidine groups is 1. The van der Waals surface area contributed by atoms with E-state index in [1.54, 1.807) is 16.5 Å². The van der Waals surface area contributed by atoms with E-state index in [1.807, 2.05) is 0 Å². The Morgan fingerprint density at radius 2 is 2.13 bits per heavy atom. The van der Waals surface area contributed by atoms with Crippen molar-refractivity contribution in [2.75, 3.05) is 26.7 Å². The summed E-state index contributed by atoms with van der Waals surface area (Å²) in [6.45, 7) is -3.15. The van der Waals surface area contributed by atoms with Crippen LogP contribution in [0, 0.1) is 5.82 Å². The molecular formula is C23H23ClF3N7O3S2. The Labute approximate surface area is 231 Å². The van der Waals surface area contributed by atoms with Gasteiger partial charge < -0.3 is 10.0 Å². The summed E-state index contributed by atoms with van der Waals surface area (Å²) in [6, 6.07) is 3.78. The molecule has 0 aliphatic carbocycles. The summed E-state index contributed by atoms with van der Waals surface area (Å²) < 4.78 is 70.7. The average Bonchev–Trinajstić information content (AvgIpc) is 3.64. The first kappa shape index (κ1) is 27.7. The highest BCUT2D eigenvalue weighted by atomic mass is 35.5. The van der Waals surface area contributed by atoms with Crippen molar-refractivity contribution < 1.29 is 26.7 Å². The number of hydrogen-bond donors (Lipinski definition) is 2. The lowest BCUT2D eigenvalue weighted by Gasteiger charge is -2.32. The zero-order chi connectivity index (χ0) is 27.9. The number of hydrogen-bond acceptors (Lipinski definition) is 8. The molecule has 2 aliphatic rings. The third kappa shape index (κ3) is 5.47. The van der Waals surface area contributed by atoms with Crippen LogP contribution in [0.5, 0.6) is 0 Å². The number of rotatable bonds is 9. The van der Waals surface area contributed by atoms with E-state index < -0.39 is 34.7 Å². The fourth-order valence-electron chi connectivity index (χ4n) is 4.59. The molecule has 39 heavy (non-hydrogen) atoms. The first-order chi connectivity index (χ1) is 18.6. The van der Waals surface area contributed by atoms with Crippen LogP contribution in [0.15, 0.2) is 52.7 Å². The lowest BCUT2D eigenvalue weighted by Crippen LogP contribution is -2.46. The van der Waals surface area contributed by atoms with Gasteiger partial charge in [0, 0.05) is 72.2 Å². The maximum absolute atomic E-state index is 13.9. The van der Waals surface area contributed by atoms with Crippen LogP contribution in [0.2, 0.25) is 5.02 Å². The van der Waals surface area contributed by atoms with Crippen molar-refractivity contribution in [2.24, 2.45) is 4.99 Å². The number of thiazole rings is 1. The van der Waals surface area contributed by atoms with Crippen molar-refractivity contribution in [3.05, 3.63) is 74.8 Å². The first-order valence-electron chi connectivity index (χ1n) is 11.7. The zero-order valence-electron chi connectivity index (χ0n) is 20.4. The van der Waals surface area contributed by atoms with E-state index in [1.165, 1.54) is 36.6 Å². The highest BCUT2D eigenvalue weighted by molar-refractivity contribution is 7.87. The molecule has 1 fully saturated rings. The van der Waals surface area contributed by atoms with Crippen molar-refractivity contribution in [2.45, 2.75) is 25.1 Å². The lowest BCUT2D eigenvalue weighted by atomic mass is 9.92. The van der Waals surface area contributed by atoms with Gasteiger partial charge in [-0.2, -0.15) is 31.3 Å². The van der Waals surface area contributed by atoms with Crippen LogP contribution < -0.4 is 4.72 Å². The average molecular weight is 602 g/mol. The Hall–Kier alpha value is -2.82. The Morgan fingerprint density at radius 1 is 1.33 bits per heavy atom. The number of benzene rings is 1. The van der Waals surface area contributed by atoms with Gasteiger partial charge in [0.25, 0.3) is 10.2 Å². The van der Waals surface area contributed by atoms with Gasteiger partial charge in [0.15, 0.2) is 10.8 Å². The molecule has 4 heterocycles. The molecule has 2 aromatic heterocycles. The van der Waals surface area contributed by atoms with Gasteiger partial charge in [-0.25, -0.2) is 14.1 Å². The molecule has 0 spiro atoms. The fraction of sp³-hybridized carbons (Fsp3) is 0.348. The molecule has 16 heteroatoms. The largest absolute Gasteiger partial charge is 0.395 e. The van der Waals surface area contributed by atoms with Crippen LogP contribution in [0.1, 0.15) is 35.3 Å². The number of likely N-dealkylation sites (N-methyl/N-ethyl adjacent to an activating group) is 1. The Morgan fingerprint density at radius 3 is 2.77 bits per heavy atom. The first-order valence-corrected chi connectivity index (χ1v) is 14.4. The van der Waals surface area contributed by atoms with Crippen molar-refractivity contribution in [1.82, 2.24) is 28.7 Å². The second kappa shape index (κ2) is 11.0. The predicted octanol–water partition coefficient (Wildman–Crippen LogP) is 3.27. The minimum absolute atomic E-state index is 0.0861. The molecule has 208 valence electrons. The highest BCUT2D eigenvalue weighted by Gasteiger charge is 2.42. The second-order valence-corrected chi connectivity index (χ2v) is 12.0. The topological polar surface area (TPSA) is 116 Å². The van der Waals surface area contributed by atoms with Crippen molar-refractivity contribution in [3.8, 4) is 0 Å². The van der Waals surface area contributed by atoms with E-state index in [0.717, 1.165) is 16.6 Å². The smallest absolute Gasteiger partial charge is 0.333 e. The van der Waals surface area contributed by atoms with Gasteiger partial charge in [-0.1, -0.05) is 17.7 Å². The Bertz CT molecular complexity index is 1530. The number of alkyl halides is 2. The van der Waals surface area contributed by atoms with Crippen molar-refractivity contribution in [1.29, 1.82) is 0 Å². The van der Waals surface area contributed by atoms with Gasteiger partial charge in [-0.05, 0) is 18.2 Å². The number of aromatic nitrogens is 3. The maximum Gasteiger partial charge on any atom is 0.333 e. The molecule has 0 unspecified atom stereocenters. The van der Waals surface area contributed by atoms with E-state index in [-0.39, 0.29) is 36.8 Å². The summed E-state index contributed by atoms with van der Waals surface area (Å²) in [6.07, 6.45) is 2.91. The third-order valence-corrected chi connectivity index (χ3v) is 9.10. The van der Waals surface area contributed by atoms with Gasteiger partial charge in [0.1, 0.15) is 11.9 Å². The molecule has 0 saturated carbocycles. The van der Waals surface area contributed by atoms with Crippen LogP contribution in [0.25, 0.3) is 5.57 Å². The van der Waals surface area contributed by atoms with E-state index in [2.05, 4.69) is 14.8 Å². The van der Waals surface area contributed by atoms with Crippen molar-refractivity contribution in [3.63, 3.8) is 0 Å². The number of aliphatic hydroxyl groups is 1. The Balaban J connectivity index is 1.66. The second-order valence-electron chi connectivity index (χ2n) is 8.86. The quantitative estimate of drug-likeness (QED) is 0.389. The molecule has 0 radical (unpaired) electrons. The van der Waals surface area contributed by atoms with Crippen LogP contribution >= 0.6 is 22.9 Å². The SMILES string of the molecule is CN(CCO)S(=O)(=O)N[C@H]1CC2=C(c3ccn(C(F)F)n3)[C@H](c3ccc(F)cc3Cl)N=C(c3nccs3)N2C1.